The first-order valence-corrected chi connectivity index (χ1v) is 7.63. The number of ether oxygens (including phenoxy) is 3. The molecule has 24 heavy (non-hydrogen) atoms. The topological polar surface area (TPSA) is 96.0 Å². The summed E-state index contributed by atoms with van der Waals surface area (Å²) in [6.45, 7) is 1.63. The van der Waals surface area contributed by atoms with Gasteiger partial charge in [-0.05, 0) is 24.6 Å². The summed E-state index contributed by atoms with van der Waals surface area (Å²) in [7, 11) is 1.16. The maximum atomic E-state index is 12.0. The van der Waals surface area contributed by atoms with Crippen molar-refractivity contribution in [2.75, 3.05) is 7.11 Å². The van der Waals surface area contributed by atoms with Crippen molar-refractivity contribution in [3.05, 3.63) is 40.4 Å². The standard InChI is InChI=1S/C16H15BrO7/c1-3-13(24-15(20)7-6-14(19)22-2)16(21)23-11-4-5-12(17)10(8-11)9-18/h4-9,13H,3H2,1-2H3. The summed E-state index contributed by atoms with van der Waals surface area (Å²) in [4.78, 5) is 45.4. The van der Waals surface area contributed by atoms with E-state index in [4.69, 9.17) is 9.47 Å². The molecule has 128 valence electrons. The van der Waals surface area contributed by atoms with Crippen LogP contribution in [0, 0.1) is 0 Å². The molecule has 1 aromatic rings. The third-order valence-corrected chi connectivity index (χ3v) is 3.48. The molecule has 0 saturated carbocycles. The predicted molar refractivity (Wildman–Crippen MR) is 86.5 cm³/mol. The number of halogens is 1. The van der Waals surface area contributed by atoms with Crippen LogP contribution in [-0.4, -0.2) is 37.4 Å². The second-order valence-corrected chi connectivity index (χ2v) is 5.27. The number of rotatable bonds is 7. The molecule has 0 radical (unpaired) electrons. The zero-order valence-corrected chi connectivity index (χ0v) is 14.6. The molecular weight excluding hydrogens is 384 g/mol. The number of hydrogen-bond donors (Lipinski definition) is 0. The van der Waals surface area contributed by atoms with Crippen LogP contribution >= 0.6 is 15.9 Å². The Morgan fingerprint density at radius 3 is 2.46 bits per heavy atom. The smallest absolute Gasteiger partial charge is 0.352 e. The van der Waals surface area contributed by atoms with Crippen LogP contribution in [0.2, 0.25) is 0 Å². The SMILES string of the molecule is CCC(OC(=O)C=CC(=O)OC)C(=O)Oc1ccc(Br)c(C=O)c1. The summed E-state index contributed by atoms with van der Waals surface area (Å²) in [5, 5.41) is 0. The lowest BCUT2D eigenvalue weighted by Crippen LogP contribution is -2.30. The second kappa shape index (κ2) is 9.61. The Labute approximate surface area is 146 Å². The van der Waals surface area contributed by atoms with E-state index in [0.29, 0.717) is 16.3 Å². The average molecular weight is 399 g/mol. The first kappa shape index (κ1) is 19.6. The van der Waals surface area contributed by atoms with Gasteiger partial charge in [0, 0.05) is 22.2 Å². The summed E-state index contributed by atoms with van der Waals surface area (Å²) >= 11 is 3.18. The normalized spacial score (nSPS) is 11.6. The van der Waals surface area contributed by atoms with Gasteiger partial charge in [0.15, 0.2) is 12.4 Å². The number of benzene rings is 1. The molecule has 0 aliphatic carbocycles. The van der Waals surface area contributed by atoms with Crippen molar-refractivity contribution in [2.45, 2.75) is 19.4 Å². The van der Waals surface area contributed by atoms with Crippen molar-refractivity contribution < 1.29 is 33.4 Å². The van der Waals surface area contributed by atoms with Crippen molar-refractivity contribution in [3.63, 3.8) is 0 Å². The zero-order valence-electron chi connectivity index (χ0n) is 13.0. The van der Waals surface area contributed by atoms with Crippen molar-refractivity contribution in [2.24, 2.45) is 0 Å². The van der Waals surface area contributed by atoms with E-state index in [1.165, 1.54) is 12.1 Å². The predicted octanol–water partition coefficient (Wildman–Crippen LogP) is 2.22. The Hall–Kier alpha value is -2.48. The molecule has 1 atom stereocenters. The maximum Gasteiger partial charge on any atom is 0.352 e. The Morgan fingerprint density at radius 2 is 1.88 bits per heavy atom. The average Bonchev–Trinajstić information content (AvgIpc) is 2.58. The molecule has 0 heterocycles. The van der Waals surface area contributed by atoms with Gasteiger partial charge in [-0.15, -0.1) is 0 Å². The molecule has 7 nitrogen and oxygen atoms in total. The first-order valence-electron chi connectivity index (χ1n) is 6.84. The first-order chi connectivity index (χ1) is 11.4. The van der Waals surface area contributed by atoms with Gasteiger partial charge in [-0.25, -0.2) is 14.4 Å². The minimum Gasteiger partial charge on any atom is -0.466 e. The summed E-state index contributed by atoms with van der Waals surface area (Å²) in [5.41, 5.74) is 0.311. The fourth-order valence-electron chi connectivity index (χ4n) is 1.54. The highest BCUT2D eigenvalue weighted by molar-refractivity contribution is 9.10. The monoisotopic (exact) mass is 398 g/mol. The van der Waals surface area contributed by atoms with Gasteiger partial charge in [-0.3, -0.25) is 4.79 Å². The molecule has 0 N–H and O–H groups in total. The van der Waals surface area contributed by atoms with Gasteiger partial charge in [-0.1, -0.05) is 22.9 Å². The van der Waals surface area contributed by atoms with Crippen LogP contribution in [0.4, 0.5) is 0 Å². The van der Waals surface area contributed by atoms with Gasteiger partial charge in [0.2, 0.25) is 0 Å². The van der Waals surface area contributed by atoms with E-state index in [0.717, 1.165) is 19.3 Å². The van der Waals surface area contributed by atoms with Crippen LogP contribution in [0.1, 0.15) is 23.7 Å². The van der Waals surface area contributed by atoms with Crippen molar-refractivity contribution in [1.82, 2.24) is 0 Å². The lowest BCUT2D eigenvalue weighted by Gasteiger charge is -2.14. The Balaban J connectivity index is 2.73. The van der Waals surface area contributed by atoms with E-state index < -0.39 is 24.0 Å². The van der Waals surface area contributed by atoms with Crippen LogP contribution in [-0.2, 0) is 23.9 Å². The highest BCUT2D eigenvalue weighted by Crippen LogP contribution is 2.21. The summed E-state index contributed by atoms with van der Waals surface area (Å²) in [6.07, 6.45) is 1.37. The van der Waals surface area contributed by atoms with Crippen LogP contribution in [0.15, 0.2) is 34.8 Å². The van der Waals surface area contributed by atoms with Gasteiger partial charge in [0.1, 0.15) is 5.75 Å². The number of hydrogen-bond acceptors (Lipinski definition) is 7. The van der Waals surface area contributed by atoms with Crippen molar-refractivity contribution in [1.29, 1.82) is 0 Å². The van der Waals surface area contributed by atoms with E-state index in [1.54, 1.807) is 13.0 Å². The van der Waals surface area contributed by atoms with E-state index in [1.807, 2.05) is 0 Å². The minimum absolute atomic E-state index is 0.143. The number of carbonyl (C=O) groups excluding carboxylic acids is 4. The number of carbonyl (C=O) groups is 4. The zero-order chi connectivity index (χ0) is 18.1. The van der Waals surface area contributed by atoms with Crippen LogP contribution in [0.3, 0.4) is 0 Å². The van der Waals surface area contributed by atoms with Gasteiger partial charge in [0.25, 0.3) is 0 Å². The fraction of sp³-hybridized carbons (Fsp3) is 0.250. The Bertz CT molecular complexity index is 666. The van der Waals surface area contributed by atoms with Crippen molar-refractivity contribution >= 4 is 40.1 Å². The molecule has 1 aromatic carbocycles. The lowest BCUT2D eigenvalue weighted by molar-refractivity contribution is -0.159. The Kier molecular flexibility index (Phi) is 7.84. The van der Waals surface area contributed by atoms with E-state index >= 15 is 0 Å². The summed E-state index contributed by atoms with van der Waals surface area (Å²) < 4.78 is 14.9. The van der Waals surface area contributed by atoms with E-state index in [2.05, 4.69) is 20.7 Å². The minimum atomic E-state index is -1.15. The third-order valence-electron chi connectivity index (χ3n) is 2.76. The molecule has 0 bridgehead atoms. The van der Waals surface area contributed by atoms with Gasteiger partial charge >= 0.3 is 17.9 Å². The quantitative estimate of drug-likeness (QED) is 0.300. The Morgan fingerprint density at radius 1 is 1.21 bits per heavy atom. The van der Waals surface area contributed by atoms with Crippen molar-refractivity contribution in [3.8, 4) is 5.75 Å². The molecule has 0 fully saturated rings. The summed E-state index contributed by atoms with van der Waals surface area (Å²) in [5.74, 6) is -2.26. The van der Waals surface area contributed by atoms with E-state index in [9.17, 15) is 19.2 Å². The molecular formula is C16H15BrO7. The summed E-state index contributed by atoms with van der Waals surface area (Å²) in [6, 6.07) is 4.42. The molecule has 0 saturated heterocycles. The van der Waals surface area contributed by atoms with Crippen LogP contribution in [0.5, 0.6) is 5.75 Å². The second-order valence-electron chi connectivity index (χ2n) is 4.41. The number of esters is 3. The molecule has 8 heteroatoms. The lowest BCUT2D eigenvalue weighted by atomic mass is 10.2. The molecule has 1 unspecified atom stereocenters. The molecule has 0 aromatic heterocycles. The molecule has 0 amide bonds. The maximum absolute atomic E-state index is 12.0. The van der Waals surface area contributed by atoms with Gasteiger partial charge < -0.3 is 14.2 Å². The molecule has 0 aliphatic heterocycles. The highest BCUT2D eigenvalue weighted by Gasteiger charge is 2.22. The molecule has 0 spiro atoms. The number of methoxy groups -OCH3 is 1. The molecule has 0 aliphatic rings. The van der Waals surface area contributed by atoms with Gasteiger partial charge in [0.05, 0.1) is 7.11 Å². The largest absolute Gasteiger partial charge is 0.466 e. The van der Waals surface area contributed by atoms with E-state index in [-0.39, 0.29) is 12.2 Å². The van der Waals surface area contributed by atoms with Crippen LogP contribution in [0.25, 0.3) is 0 Å². The third kappa shape index (κ3) is 5.96. The van der Waals surface area contributed by atoms with Crippen LogP contribution < -0.4 is 4.74 Å². The number of aldehydes is 1. The molecule has 1 rings (SSSR count). The fourth-order valence-corrected chi connectivity index (χ4v) is 1.88. The van der Waals surface area contributed by atoms with Gasteiger partial charge in [-0.2, -0.15) is 0 Å². The highest BCUT2D eigenvalue weighted by atomic mass is 79.9.